The molecule has 0 heterocycles. The van der Waals surface area contributed by atoms with Crippen molar-refractivity contribution in [1.82, 2.24) is 0 Å². The van der Waals surface area contributed by atoms with Crippen molar-refractivity contribution in [3.05, 3.63) is 29.3 Å². The average molecular weight is 358 g/mol. The van der Waals surface area contributed by atoms with Gasteiger partial charge in [-0.1, -0.05) is 13.0 Å². The quantitative estimate of drug-likeness (QED) is 0.816. The first-order valence-electron chi connectivity index (χ1n) is 9.82. The van der Waals surface area contributed by atoms with Gasteiger partial charge in [0.1, 0.15) is 11.9 Å². The first-order chi connectivity index (χ1) is 12.3. The molecule has 2 saturated carbocycles. The van der Waals surface area contributed by atoms with Gasteiger partial charge in [0, 0.05) is 12.3 Å². The summed E-state index contributed by atoms with van der Waals surface area (Å²) in [6, 6.07) is 6.50. The van der Waals surface area contributed by atoms with Crippen LogP contribution < -0.4 is 4.74 Å². The van der Waals surface area contributed by atoms with Gasteiger partial charge in [0.05, 0.1) is 12.7 Å². The molecule has 3 aliphatic carbocycles. The van der Waals surface area contributed by atoms with Gasteiger partial charge in [-0.3, -0.25) is 4.79 Å². The molecule has 1 N–H and O–H groups in total. The molecule has 0 spiro atoms. The van der Waals surface area contributed by atoms with Gasteiger partial charge in [-0.15, -0.1) is 0 Å². The van der Waals surface area contributed by atoms with Gasteiger partial charge in [0.25, 0.3) is 0 Å². The lowest BCUT2D eigenvalue weighted by molar-refractivity contribution is -0.170. The van der Waals surface area contributed by atoms with Crippen LogP contribution >= 0.6 is 0 Å². The van der Waals surface area contributed by atoms with Crippen LogP contribution in [0.4, 0.5) is 0 Å². The molecule has 26 heavy (non-hydrogen) atoms. The van der Waals surface area contributed by atoms with Crippen molar-refractivity contribution in [1.29, 1.82) is 0 Å². The van der Waals surface area contributed by atoms with Crippen LogP contribution in [0.25, 0.3) is 0 Å². The number of carbonyl (C=O) groups excluding carboxylic acids is 1. The molecule has 2 unspecified atom stereocenters. The van der Waals surface area contributed by atoms with Crippen molar-refractivity contribution in [2.45, 2.75) is 70.5 Å². The number of aliphatic hydroxyl groups is 1. The summed E-state index contributed by atoms with van der Waals surface area (Å²) < 4.78 is 11.1. The van der Waals surface area contributed by atoms with Gasteiger partial charge in [-0.2, -0.15) is 0 Å². The fourth-order valence-corrected chi connectivity index (χ4v) is 6.43. The third-order valence-electron chi connectivity index (χ3n) is 7.45. The molecule has 142 valence electrons. The van der Waals surface area contributed by atoms with Crippen molar-refractivity contribution in [3.8, 4) is 5.75 Å². The molecular formula is C22H30O4. The maximum Gasteiger partial charge on any atom is 0.303 e. The van der Waals surface area contributed by atoms with Crippen molar-refractivity contribution >= 4 is 5.97 Å². The zero-order valence-electron chi connectivity index (χ0n) is 16.2. The summed E-state index contributed by atoms with van der Waals surface area (Å²) in [7, 11) is 1.72. The number of rotatable bonds is 2. The Kier molecular flexibility index (Phi) is 4.11. The van der Waals surface area contributed by atoms with Gasteiger partial charge in [0.2, 0.25) is 0 Å². The highest BCUT2D eigenvalue weighted by molar-refractivity contribution is 5.66. The molecule has 0 aromatic heterocycles. The summed E-state index contributed by atoms with van der Waals surface area (Å²) in [6.07, 6.45) is 4.57. The molecule has 1 aromatic rings. The van der Waals surface area contributed by atoms with Crippen LogP contribution in [-0.2, 0) is 16.0 Å². The Morgan fingerprint density at radius 1 is 1.27 bits per heavy atom. The minimum absolute atomic E-state index is 0.139. The van der Waals surface area contributed by atoms with Crippen molar-refractivity contribution in [2.75, 3.05) is 7.11 Å². The zero-order valence-corrected chi connectivity index (χ0v) is 16.2. The van der Waals surface area contributed by atoms with E-state index in [2.05, 4.69) is 25.1 Å². The van der Waals surface area contributed by atoms with Gasteiger partial charge in [-0.25, -0.2) is 0 Å². The summed E-state index contributed by atoms with van der Waals surface area (Å²) in [6.45, 7) is 5.52. The van der Waals surface area contributed by atoms with E-state index in [1.165, 1.54) is 18.1 Å². The van der Waals surface area contributed by atoms with Crippen LogP contribution in [0.15, 0.2) is 18.2 Å². The molecular weight excluding hydrogens is 328 g/mol. The number of hydrogen-bond acceptors (Lipinski definition) is 4. The summed E-state index contributed by atoms with van der Waals surface area (Å²) in [5.41, 5.74) is 1.79. The summed E-state index contributed by atoms with van der Waals surface area (Å²) in [4.78, 5) is 11.7. The van der Waals surface area contributed by atoms with Gasteiger partial charge >= 0.3 is 5.97 Å². The lowest BCUT2D eigenvalue weighted by Gasteiger charge is -2.50. The van der Waals surface area contributed by atoms with Crippen LogP contribution in [0.3, 0.4) is 0 Å². The van der Waals surface area contributed by atoms with E-state index >= 15 is 0 Å². The Bertz CT molecular complexity index is 725. The van der Waals surface area contributed by atoms with Crippen molar-refractivity contribution < 1.29 is 19.4 Å². The predicted molar refractivity (Wildman–Crippen MR) is 99.2 cm³/mol. The van der Waals surface area contributed by atoms with Gasteiger partial charge in [-0.05, 0) is 80.0 Å². The highest BCUT2D eigenvalue weighted by Crippen LogP contribution is 2.63. The Balaban J connectivity index is 1.67. The minimum Gasteiger partial charge on any atom is -0.497 e. The third kappa shape index (κ3) is 2.57. The number of aryl methyl sites for hydroxylation is 1. The fraction of sp³-hybridized carbons (Fsp3) is 0.682. The molecule has 4 nitrogen and oxygen atoms in total. The van der Waals surface area contributed by atoms with E-state index in [9.17, 15) is 9.90 Å². The zero-order chi connectivity index (χ0) is 18.7. The SMILES string of the molecule is COc1ccc2c(c1)CC[C@@H]1[C@@H]2CC[C@]2(C)C(OC(C)=O)C(C)(O)C[C@@H]12. The van der Waals surface area contributed by atoms with Crippen LogP contribution in [0.2, 0.25) is 0 Å². The maximum atomic E-state index is 11.7. The Morgan fingerprint density at radius 2 is 2.04 bits per heavy atom. The molecule has 0 aliphatic heterocycles. The monoisotopic (exact) mass is 358 g/mol. The van der Waals surface area contributed by atoms with E-state index in [4.69, 9.17) is 9.47 Å². The van der Waals surface area contributed by atoms with E-state index < -0.39 is 11.7 Å². The molecule has 1 aromatic carbocycles. The second kappa shape index (κ2) is 5.98. The highest BCUT2D eigenvalue weighted by Gasteiger charge is 2.63. The highest BCUT2D eigenvalue weighted by atomic mass is 16.6. The number of ether oxygens (including phenoxy) is 2. The largest absolute Gasteiger partial charge is 0.497 e. The fourth-order valence-electron chi connectivity index (χ4n) is 6.43. The topological polar surface area (TPSA) is 55.8 Å². The maximum absolute atomic E-state index is 11.7. The van der Waals surface area contributed by atoms with Crippen LogP contribution in [-0.4, -0.2) is 29.9 Å². The second-order valence-electron chi connectivity index (χ2n) is 9.08. The smallest absolute Gasteiger partial charge is 0.303 e. The van der Waals surface area contributed by atoms with E-state index in [1.807, 2.05) is 6.92 Å². The first kappa shape index (κ1) is 17.8. The summed E-state index contributed by atoms with van der Waals surface area (Å²) in [5.74, 6) is 2.11. The molecule has 6 atom stereocenters. The van der Waals surface area contributed by atoms with E-state index in [-0.39, 0.29) is 11.4 Å². The number of esters is 1. The van der Waals surface area contributed by atoms with Crippen LogP contribution in [0.1, 0.15) is 63.5 Å². The Hall–Kier alpha value is -1.55. The first-order valence-corrected chi connectivity index (χ1v) is 9.82. The minimum atomic E-state index is -0.944. The lowest BCUT2D eigenvalue weighted by atomic mass is 9.55. The van der Waals surface area contributed by atoms with E-state index in [0.717, 1.165) is 31.4 Å². The Labute approximate surface area is 155 Å². The van der Waals surface area contributed by atoms with Crippen LogP contribution in [0, 0.1) is 17.3 Å². The Morgan fingerprint density at radius 3 is 2.73 bits per heavy atom. The molecule has 2 fully saturated rings. The molecule has 3 aliphatic rings. The summed E-state index contributed by atoms with van der Waals surface area (Å²) >= 11 is 0. The van der Waals surface area contributed by atoms with Gasteiger partial charge in [0.15, 0.2) is 0 Å². The van der Waals surface area contributed by atoms with Crippen molar-refractivity contribution in [2.24, 2.45) is 17.3 Å². The number of hydrogen-bond donors (Lipinski definition) is 1. The van der Waals surface area contributed by atoms with Crippen molar-refractivity contribution in [3.63, 3.8) is 0 Å². The van der Waals surface area contributed by atoms with E-state index in [1.54, 1.807) is 7.11 Å². The third-order valence-corrected chi connectivity index (χ3v) is 7.45. The molecule has 4 heteroatoms. The predicted octanol–water partition coefficient (Wildman–Crippen LogP) is 3.84. The molecule has 0 radical (unpaired) electrons. The second-order valence-corrected chi connectivity index (χ2v) is 9.08. The number of benzene rings is 1. The van der Waals surface area contributed by atoms with E-state index in [0.29, 0.717) is 24.2 Å². The number of fused-ring (bicyclic) bond motifs is 5. The molecule has 0 amide bonds. The van der Waals surface area contributed by atoms with Crippen LogP contribution in [0.5, 0.6) is 5.75 Å². The van der Waals surface area contributed by atoms with Gasteiger partial charge < -0.3 is 14.6 Å². The standard InChI is InChI=1S/C22H30O4/c1-13(23)26-20-21(2)10-9-17-16-8-6-15(25-4)11-14(16)5-7-18(17)19(21)12-22(20,3)24/h6,8,11,17-20,24H,5,7,9-10,12H2,1-4H3/t17-,18-,19+,20?,21+,22?/m1/s1. The molecule has 0 bridgehead atoms. The number of methoxy groups -OCH3 is 1. The number of carbonyl (C=O) groups is 1. The lowest BCUT2D eigenvalue weighted by Crippen LogP contribution is -2.48. The molecule has 4 rings (SSSR count). The normalized spacial score (nSPS) is 41.0. The molecule has 0 saturated heterocycles. The average Bonchev–Trinajstić information content (AvgIpc) is 2.80. The summed E-state index contributed by atoms with van der Waals surface area (Å²) in [5, 5.41) is 11.1.